The maximum atomic E-state index is 6.53. The molecule has 0 unspecified atom stereocenters. The fraction of sp³-hybridized carbons (Fsp3) is 0.385. The summed E-state index contributed by atoms with van der Waals surface area (Å²) in [6.45, 7) is 3.67. The lowest BCUT2D eigenvalue weighted by molar-refractivity contribution is 0.212. The predicted octanol–water partition coefficient (Wildman–Crippen LogP) is 4.32. The summed E-state index contributed by atoms with van der Waals surface area (Å²) in [4.78, 5) is 13.9. The van der Waals surface area contributed by atoms with E-state index in [0.29, 0.717) is 11.7 Å². The van der Waals surface area contributed by atoms with Crippen molar-refractivity contribution in [3.8, 4) is 0 Å². The van der Waals surface area contributed by atoms with Crippen LogP contribution in [-0.2, 0) is 0 Å². The molecule has 3 N–H and O–H groups in total. The molecule has 2 aliphatic rings. The van der Waals surface area contributed by atoms with Crippen LogP contribution >= 0.6 is 0 Å². The number of nitrogens with one attached hydrogen (secondary N) is 1. The first-order valence-electron chi connectivity index (χ1n) is 11.8. The predicted molar refractivity (Wildman–Crippen MR) is 131 cm³/mol. The van der Waals surface area contributed by atoms with E-state index in [4.69, 9.17) is 5.73 Å². The highest BCUT2D eigenvalue weighted by molar-refractivity contribution is 5.75. The average Bonchev–Trinajstić information content (AvgIpc) is 3.36. The highest BCUT2D eigenvalue weighted by Gasteiger charge is 2.28. The zero-order chi connectivity index (χ0) is 21.8. The molecule has 1 aromatic heterocycles. The molecule has 0 radical (unpaired) electrons. The van der Waals surface area contributed by atoms with Crippen LogP contribution in [0.25, 0.3) is 0 Å². The van der Waals surface area contributed by atoms with Crippen molar-refractivity contribution in [1.82, 2.24) is 14.9 Å². The van der Waals surface area contributed by atoms with Gasteiger partial charge in [0.25, 0.3) is 0 Å². The topological polar surface area (TPSA) is 70.3 Å². The Morgan fingerprint density at radius 2 is 1.41 bits per heavy atom. The van der Waals surface area contributed by atoms with Crippen molar-refractivity contribution >= 4 is 17.3 Å². The molecular weight excluding hydrogens is 396 g/mol. The minimum Gasteiger partial charge on any atom is -0.393 e. The number of hydrogen-bond acceptors (Lipinski definition) is 6. The number of nitrogens with zero attached hydrogens (tertiary/aromatic N) is 4. The Labute approximate surface area is 190 Å². The monoisotopic (exact) mass is 428 g/mol. The van der Waals surface area contributed by atoms with Gasteiger partial charge in [0.15, 0.2) is 11.6 Å². The van der Waals surface area contributed by atoms with E-state index < -0.39 is 0 Å². The normalized spacial score (nSPS) is 17.7. The number of benzene rings is 2. The summed E-state index contributed by atoms with van der Waals surface area (Å²) in [7, 11) is 0. The van der Waals surface area contributed by atoms with Gasteiger partial charge in [0.05, 0.1) is 6.04 Å². The molecule has 1 aliphatic carbocycles. The van der Waals surface area contributed by atoms with Gasteiger partial charge in [0.1, 0.15) is 12.0 Å². The van der Waals surface area contributed by atoms with Gasteiger partial charge in [0.2, 0.25) is 0 Å². The van der Waals surface area contributed by atoms with Crippen molar-refractivity contribution in [3.05, 3.63) is 78.1 Å². The molecule has 2 fully saturated rings. The molecule has 0 atom stereocenters. The quantitative estimate of drug-likeness (QED) is 0.609. The van der Waals surface area contributed by atoms with Gasteiger partial charge in [-0.05, 0) is 24.0 Å². The van der Waals surface area contributed by atoms with Crippen LogP contribution in [-0.4, -0.2) is 47.1 Å². The van der Waals surface area contributed by atoms with Crippen molar-refractivity contribution in [1.29, 1.82) is 0 Å². The highest BCUT2D eigenvalue weighted by Crippen LogP contribution is 2.33. The second-order valence-corrected chi connectivity index (χ2v) is 8.83. The Morgan fingerprint density at radius 1 is 0.812 bits per heavy atom. The molecule has 0 amide bonds. The lowest BCUT2D eigenvalue weighted by atomic mass is 9.96. The van der Waals surface area contributed by atoms with Crippen LogP contribution < -0.4 is 16.0 Å². The first-order valence-corrected chi connectivity index (χ1v) is 11.8. The molecule has 0 bridgehead atoms. The van der Waals surface area contributed by atoms with Crippen LogP contribution in [0.4, 0.5) is 17.3 Å². The lowest BCUT2D eigenvalue weighted by Crippen LogP contribution is -2.48. The minimum absolute atomic E-state index is 0.252. The molecule has 0 spiro atoms. The Bertz CT molecular complexity index is 956. The molecular formula is C26H32N6. The third kappa shape index (κ3) is 4.41. The number of nitrogen functional groups attached to an aromatic ring is 1. The molecule has 5 rings (SSSR count). The van der Waals surface area contributed by atoms with Crippen LogP contribution in [0.3, 0.4) is 0 Å². The summed E-state index contributed by atoms with van der Waals surface area (Å²) in [6.07, 6.45) is 6.59. The largest absolute Gasteiger partial charge is 0.393 e. The zero-order valence-electron chi connectivity index (χ0n) is 18.5. The van der Waals surface area contributed by atoms with Crippen molar-refractivity contribution in [2.24, 2.45) is 0 Å². The first-order chi connectivity index (χ1) is 15.8. The second-order valence-electron chi connectivity index (χ2n) is 8.83. The standard InChI is InChI=1S/C26H32N6/c27-23-25(30-22-13-7-8-14-22)28-19-29-26(23)32-17-15-31(16-18-32)24(20-9-3-1-4-10-20)21-11-5-2-6-12-21/h1-6,9-12,19,22,24H,7-8,13-18,27H2,(H,28,29,30). The first kappa shape index (κ1) is 20.8. The van der Waals surface area contributed by atoms with E-state index >= 15 is 0 Å². The second kappa shape index (κ2) is 9.57. The highest BCUT2D eigenvalue weighted by atomic mass is 15.3. The summed E-state index contributed by atoms with van der Waals surface area (Å²) < 4.78 is 0. The van der Waals surface area contributed by atoms with Crippen molar-refractivity contribution in [3.63, 3.8) is 0 Å². The molecule has 1 saturated heterocycles. The van der Waals surface area contributed by atoms with Crippen LogP contribution in [0.15, 0.2) is 67.0 Å². The summed E-state index contributed by atoms with van der Waals surface area (Å²) in [5.74, 6) is 1.65. The number of hydrogen-bond donors (Lipinski definition) is 2. The van der Waals surface area contributed by atoms with E-state index in [-0.39, 0.29) is 6.04 Å². The number of anilines is 3. The fourth-order valence-corrected chi connectivity index (χ4v) is 5.09. The van der Waals surface area contributed by atoms with Gasteiger partial charge in [-0.3, -0.25) is 4.90 Å². The van der Waals surface area contributed by atoms with Crippen molar-refractivity contribution in [2.45, 2.75) is 37.8 Å². The number of piperazine rings is 1. The van der Waals surface area contributed by atoms with E-state index in [9.17, 15) is 0 Å². The van der Waals surface area contributed by atoms with Crippen molar-refractivity contribution < 1.29 is 0 Å². The minimum atomic E-state index is 0.252. The lowest BCUT2D eigenvalue weighted by Gasteiger charge is -2.40. The smallest absolute Gasteiger partial charge is 0.157 e. The third-order valence-corrected chi connectivity index (χ3v) is 6.77. The summed E-state index contributed by atoms with van der Waals surface area (Å²) >= 11 is 0. The van der Waals surface area contributed by atoms with Gasteiger partial charge in [0, 0.05) is 32.2 Å². The van der Waals surface area contributed by atoms with Crippen LogP contribution in [0.1, 0.15) is 42.9 Å². The van der Waals surface area contributed by atoms with Gasteiger partial charge in [-0.15, -0.1) is 0 Å². The molecule has 1 saturated carbocycles. The van der Waals surface area contributed by atoms with E-state index in [2.05, 4.69) is 85.7 Å². The van der Waals surface area contributed by atoms with E-state index in [1.807, 2.05) is 0 Å². The molecule has 32 heavy (non-hydrogen) atoms. The molecule has 1 aliphatic heterocycles. The molecule has 3 aromatic rings. The van der Waals surface area contributed by atoms with Gasteiger partial charge in [-0.1, -0.05) is 73.5 Å². The molecule has 2 heterocycles. The van der Waals surface area contributed by atoms with Crippen molar-refractivity contribution in [2.75, 3.05) is 42.1 Å². The van der Waals surface area contributed by atoms with E-state index in [1.165, 1.54) is 36.8 Å². The van der Waals surface area contributed by atoms with Crippen LogP contribution in [0.5, 0.6) is 0 Å². The van der Waals surface area contributed by atoms with Gasteiger partial charge < -0.3 is 16.0 Å². The Kier molecular flexibility index (Phi) is 6.21. The Hall–Kier alpha value is -3.12. The number of nitrogens with two attached hydrogens (primary N) is 1. The van der Waals surface area contributed by atoms with Gasteiger partial charge in [-0.25, -0.2) is 9.97 Å². The third-order valence-electron chi connectivity index (χ3n) is 6.77. The molecule has 166 valence electrons. The van der Waals surface area contributed by atoms with E-state index in [1.54, 1.807) is 6.33 Å². The number of aromatic nitrogens is 2. The molecule has 6 heteroatoms. The maximum Gasteiger partial charge on any atom is 0.157 e. The summed E-state index contributed by atoms with van der Waals surface area (Å²) in [5, 5.41) is 3.55. The fourth-order valence-electron chi connectivity index (χ4n) is 5.09. The van der Waals surface area contributed by atoms with Gasteiger partial charge >= 0.3 is 0 Å². The molecule has 6 nitrogen and oxygen atoms in total. The Balaban J connectivity index is 1.32. The Morgan fingerprint density at radius 3 is 2.00 bits per heavy atom. The zero-order valence-corrected chi connectivity index (χ0v) is 18.5. The van der Waals surface area contributed by atoms with Crippen LogP contribution in [0, 0.1) is 0 Å². The maximum absolute atomic E-state index is 6.53. The average molecular weight is 429 g/mol. The number of rotatable bonds is 6. The molecule has 2 aromatic carbocycles. The van der Waals surface area contributed by atoms with Gasteiger partial charge in [-0.2, -0.15) is 0 Å². The van der Waals surface area contributed by atoms with E-state index in [0.717, 1.165) is 37.8 Å². The summed E-state index contributed by atoms with van der Waals surface area (Å²) in [6, 6.07) is 22.3. The summed E-state index contributed by atoms with van der Waals surface area (Å²) in [5.41, 5.74) is 9.86. The SMILES string of the molecule is Nc1c(NC2CCCC2)ncnc1N1CCN(C(c2ccccc2)c2ccccc2)CC1. The van der Waals surface area contributed by atoms with Crippen LogP contribution in [0.2, 0.25) is 0 Å².